The summed E-state index contributed by atoms with van der Waals surface area (Å²) in [5.74, 6) is -1.01. The van der Waals surface area contributed by atoms with Gasteiger partial charge in [-0.05, 0) is 47.5 Å². The van der Waals surface area contributed by atoms with Crippen molar-refractivity contribution >= 4 is 28.4 Å². The maximum absolute atomic E-state index is 12.9. The van der Waals surface area contributed by atoms with E-state index in [1.54, 1.807) is 48.5 Å². The smallest absolute Gasteiger partial charge is 0.366 e. The van der Waals surface area contributed by atoms with E-state index in [-0.39, 0.29) is 5.56 Å². The first-order valence-electron chi connectivity index (χ1n) is 9.50. The molecule has 0 bridgehead atoms. The highest BCUT2D eigenvalue weighted by atomic mass is 19.4. The number of rotatable bonds is 4. The van der Waals surface area contributed by atoms with Crippen molar-refractivity contribution in [2.45, 2.75) is 6.18 Å². The number of nitrogens with two attached hydrogens (primary N) is 1. The first kappa shape index (κ1) is 21.0. The van der Waals surface area contributed by atoms with Crippen molar-refractivity contribution in [1.82, 2.24) is 4.98 Å². The van der Waals surface area contributed by atoms with Crippen molar-refractivity contribution in [1.29, 1.82) is 0 Å². The Hall–Kier alpha value is -4.20. The van der Waals surface area contributed by atoms with Gasteiger partial charge in [-0.15, -0.1) is 0 Å². The number of alkyl halides is 3. The van der Waals surface area contributed by atoms with Crippen LogP contribution in [0.1, 0.15) is 26.3 Å². The number of pyridine rings is 1. The predicted molar refractivity (Wildman–Crippen MR) is 115 cm³/mol. The molecule has 4 aromatic rings. The fourth-order valence-electron chi connectivity index (χ4n) is 3.30. The maximum atomic E-state index is 12.9. The Morgan fingerprint density at radius 2 is 1.62 bits per heavy atom. The molecule has 160 valence electrons. The molecule has 0 saturated carbocycles. The van der Waals surface area contributed by atoms with Gasteiger partial charge in [-0.3, -0.25) is 14.6 Å². The van der Waals surface area contributed by atoms with E-state index in [4.69, 9.17) is 5.73 Å². The molecular weight excluding hydrogens is 419 g/mol. The summed E-state index contributed by atoms with van der Waals surface area (Å²) in [6.07, 6.45) is -3.08. The van der Waals surface area contributed by atoms with Crippen LogP contribution in [-0.2, 0) is 6.18 Å². The maximum Gasteiger partial charge on any atom is 0.416 e. The van der Waals surface area contributed by atoms with Gasteiger partial charge in [0.15, 0.2) is 0 Å². The zero-order valence-corrected chi connectivity index (χ0v) is 16.5. The Morgan fingerprint density at radius 3 is 2.31 bits per heavy atom. The van der Waals surface area contributed by atoms with Crippen LogP contribution in [0.5, 0.6) is 0 Å². The van der Waals surface area contributed by atoms with Crippen LogP contribution >= 0.6 is 0 Å². The van der Waals surface area contributed by atoms with Crippen molar-refractivity contribution in [3.8, 4) is 11.1 Å². The van der Waals surface area contributed by atoms with Gasteiger partial charge in [0.2, 0.25) is 5.91 Å². The Morgan fingerprint density at radius 1 is 0.906 bits per heavy atom. The van der Waals surface area contributed by atoms with Crippen LogP contribution in [-0.4, -0.2) is 16.8 Å². The second-order valence-electron chi connectivity index (χ2n) is 7.07. The Labute approximate surface area is 180 Å². The molecule has 2 amide bonds. The topological polar surface area (TPSA) is 85.1 Å². The van der Waals surface area contributed by atoms with Crippen LogP contribution in [0.15, 0.2) is 79.0 Å². The molecule has 0 spiro atoms. The Kier molecular flexibility index (Phi) is 5.36. The van der Waals surface area contributed by atoms with Crippen LogP contribution in [0.2, 0.25) is 0 Å². The Balaban J connectivity index is 1.62. The molecule has 8 heteroatoms. The summed E-state index contributed by atoms with van der Waals surface area (Å²) >= 11 is 0. The van der Waals surface area contributed by atoms with Crippen LogP contribution < -0.4 is 11.1 Å². The Bertz CT molecular complexity index is 1330. The normalized spacial score (nSPS) is 11.3. The van der Waals surface area contributed by atoms with E-state index in [1.165, 1.54) is 18.3 Å². The molecule has 0 fully saturated rings. The van der Waals surface area contributed by atoms with Gasteiger partial charge in [-0.25, -0.2) is 0 Å². The van der Waals surface area contributed by atoms with E-state index in [0.29, 0.717) is 33.3 Å². The first-order chi connectivity index (χ1) is 15.2. The van der Waals surface area contributed by atoms with E-state index in [2.05, 4.69) is 10.3 Å². The monoisotopic (exact) mass is 435 g/mol. The minimum Gasteiger partial charge on any atom is -0.366 e. The number of hydrogen-bond donors (Lipinski definition) is 2. The second kappa shape index (κ2) is 8.14. The van der Waals surface area contributed by atoms with Crippen LogP contribution in [0, 0.1) is 0 Å². The van der Waals surface area contributed by atoms with E-state index < -0.39 is 23.6 Å². The molecule has 3 N–H and O–H groups in total. The molecule has 3 aromatic carbocycles. The molecule has 0 unspecified atom stereocenters. The van der Waals surface area contributed by atoms with E-state index >= 15 is 0 Å². The number of hydrogen-bond acceptors (Lipinski definition) is 3. The summed E-state index contributed by atoms with van der Waals surface area (Å²) in [6, 6.07) is 17.9. The van der Waals surface area contributed by atoms with Crippen molar-refractivity contribution in [2.24, 2.45) is 5.73 Å². The summed E-state index contributed by atoms with van der Waals surface area (Å²) < 4.78 is 38.6. The molecular formula is C24H16F3N3O2. The molecule has 0 aliphatic rings. The molecule has 0 radical (unpaired) electrons. The SMILES string of the molecule is NC(=O)c1cnc2cc(NC(=O)c3ccccc3-c3ccc(C(F)(F)F)cc3)ccc2c1. The number of halogens is 3. The largest absolute Gasteiger partial charge is 0.416 e. The molecule has 5 nitrogen and oxygen atoms in total. The number of benzene rings is 3. The molecule has 1 aromatic heterocycles. The number of anilines is 1. The van der Waals surface area contributed by atoms with Crippen molar-refractivity contribution < 1.29 is 22.8 Å². The lowest BCUT2D eigenvalue weighted by atomic mass is 9.98. The second-order valence-corrected chi connectivity index (χ2v) is 7.07. The fraction of sp³-hybridized carbons (Fsp3) is 0.0417. The molecule has 0 saturated heterocycles. The van der Waals surface area contributed by atoms with Crippen LogP contribution in [0.4, 0.5) is 18.9 Å². The summed E-state index contributed by atoms with van der Waals surface area (Å²) in [5, 5.41) is 3.47. The molecule has 0 aliphatic carbocycles. The highest BCUT2D eigenvalue weighted by molar-refractivity contribution is 6.09. The average molecular weight is 435 g/mol. The zero-order valence-electron chi connectivity index (χ0n) is 16.5. The third kappa shape index (κ3) is 4.29. The van der Waals surface area contributed by atoms with E-state index in [1.807, 2.05) is 0 Å². The van der Waals surface area contributed by atoms with Gasteiger partial charge in [-0.1, -0.05) is 36.4 Å². The number of fused-ring (bicyclic) bond motifs is 1. The third-order valence-corrected chi connectivity index (χ3v) is 4.92. The zero-order chi connectivity index (χ0) is 22.9. The number of primary amides is 1. The minimum absolute atomic E-state index is 0.278. The summed E-state index contributed by atoms with van der Waals surface area (Å²) in [7, 11) is 0. The van der Waals surface area contributed by atoms with Gasteiger partial charge in [-0.2, -0.15) is 13.2 Å². The lowest BCUT2D eigenvalue weighted by molar-refractivity contribution is -0.137. The van der Waals surface area contributed by atoms with Gasteiger partial charge in [0.1, 0.15) is 0 Å². The molecule has 32 heavy (non-hydrogen) atoms. The number of nitrogens with one attached hydrogen (secondary N) is 1. The standard InChI is InChI=1S/C24H16F3N3O2/c25-24(26,27)17-8-5-14(6-9-17)19-3-1-2-4-20(19)23(32)30-18-10-7-15-11-16(22(28)31)13-29-21(15)12-18/h1-13H,(H2,28,31)(H,30,32). The lowest BCUT2D eigenvalue weighted by Crippen LogP contribution is -2.13. The van der Waals surface area contributed by atoms with Crippen molar-refractivity contribution in [2.75, 3.05) is 5.32 Å². The average Bonchev–Trinajstić information content (AvgIpc) is 2.78. The molecule has 4 rings (SSSR count). The number of carbonyl (C=O) groups excluding carboxylic acids is 2. The molecule has 0 aliphatic heterocycles. The predicted octanol–water partition coefficient (Wildman–Crippen LogP) is 5.27. The third-order valence-electron chi connectivity index (χ3n) is 4.92. The fourth-order valence-corrected chi connectivity index (χ4v) is 3.30. The highest BCUT2D eigenvalue weighted by Crippen LogP contribution is 2.32. The lowest BCUT2D eigenvalue weighted by Gasteiger charge is -2.12. The first-order valence-corrected chi connectivity index (χ1v) is 9.50. The number of amides is 2. The minimum atomic E-state index is -4.43. The summed E-state index contributed by atoms with van der Waals surface area (Å²) in [6.45, 7) is 0. The van der Waals surface area contributed by atoms with Crippen molar-refractivity contribution in [3.05, 3.63) is 95.7 Å². The van der Waals surface area contributed by atoms with Gasteiger partial charge in [0.05, 0.1) is 16.6 Å². The van der Waals surface area contributed by atoms with Gasteiger partial charge in [0, 0.05) is 22.8 Å². The summed E-state index contributed by atoms with van der Waals surface area (Å²) in [5.41, 5.74) is 7.12. The highest BCUT2D eigenvalue weighted by Gasteiger charge is 2.30. The number of carbonyl (C=O) groups is 2. The quantitative estimate of drug-likeness (QED) is 0.458. The van der Waals surface area contributed by atoms with Crippen molar-refractivity contribution in [3.63, 3.8) is 0 Å². The molecule has 0 atom stereocenters. The van der Waals surface area contributed by atoms with Gasteiger partial charge in [0.25, 0.3) is 5.91 Å². The van der Waals surface area contributed by atoms with E-state index in [0.717, 1.165) is 12.1 Å². The number of nitrogens with zero attached hydrogens (tertiary/aromatic N) is 1. The number of aromatic nitrogens is 1. The van der Waals surface area contributed by atoms with Crippen LogP contribution in [0.25, 0.3) is 22.0 Å². The van der Waals surface area contributed by atoms with E-state index in [9.17, 15) is 22.8 Å². The van der Waals surface area contributed by atoms with Gasteiger partial charge >= 0.3 is 6.18 Å². The van der Waals surface area contributed by atoms with Crippen LogP contribution in [0.3, 0.4) is 0 Å². The summed E-state index contributed by atoms with van der Waals surface area (Å²) in [4.78, 5) is 28.4. The van der Waals surface area contributed by atoms with Gasteiger partial charge < -0.3 is 11.1 Å². The molecule has 1 heterocycles.